The van der Waals surface area contributed by atoms with Gasteiger partial charge in [0.05, 0.1) is 6.61 Å². The molecule has 1 aromatic carbocycles. The highest BCUT2D eigenvalue weighted by molar-refractivity contribution is 5.37. The molecular formula is C21H30O2. The van der Waals surface area contributed by atoms with Gasteiger partial charge in [0.25, 0.3) is 0 Å². The van der Waals surface area contributed by atoms with Gasteiger partial charge in [0, 0.05) is 7.11 Å². The summed E-state index contributed by atoms with van der Waals surface area (Å²) < 4.78 is 11.3. The number of hydrogen-bond donors (Lipinski definition) is 0. The van der Waals surface area contributed by atoms with Crippen LogP contribution in [0.3, 0.4) is 0 Å². The summed E-state index contributed by atoms with van der Waals surface area (Å²) in [5.74, 6) is 1.66. The zero-order valence-corrected chi connectivity index (χ0v) is 15.1. The molecule has 0 amide bonds. The molecule has 23 heavy (non-hydrogen) atoms. The minimum atomic E-state index is 0.362. The van der Waals surface area contributed by atoms with Crippen LogP contribution in [0.15, 0.2) is 66.0 Å². The van der Waals surface area contributed by atoms with E-state index in [1.54, 1.807) is 7.11 Å². The van der Waals surface area contributed by atoms with E-state index >= 15 is 0 Å². The van der Waals surface area contributed by atoms with Gasteiger partial charge in [-0.25, -0.2) is 0 Å². The van der Waals surface area contributed by atoms with E-state index in [9.17, 15) is 0 Å². The average Bonchev–Trinajstić information content (AvgIpc) is 2.68. The van der Waals surface area contributed by atoms with Crippen molar-refractivity contribution in [1.82, 2.24) is 0 Å². The van der Waals surface area contributed by atoms with Gasteiger partial charge in [-0.2, -0.15) is 0 Å². The van der Waals surface area contributed by atoms with Crippen molar-refractivity contribution in [2.45, 2.75) is 34.3 Å². The Bertz CT molecular complexity index is 540. The first kappa shape index (κ1) is 19.2. The molecule has 1 aromatic rings. The largest absolute Gasteiger partial charge is 0.489 e. The summed E-state index contributed by atoms with van der Waals surface area (Å²) in [6.45, 7) is 13.8. The molecule has 1 aliphatic rings. The van der Waals surface area contributed by atoms with E-state index in [-0.39, 0.29) is 0 Å². The molecule has 0 aromatic heterocycles. The Labute approximate surface area is 141 Å². The second-order valence-electron chi connectivity index (χ2n) is 5.63. The van der Waals surface area contributed by atoms with E-state index in [4.69, 9.17) is 9.47 Å². The number of rotatable bonds is 5. The molecule has 2 atom stereocenters. The molecule has 0 spiro atoms. The van der Waals surface area contributed by atoms with Crippen molar-refractivity contribution in [1.29, 1.82) is 0 Å². The Hall–Kier alpha value is -1.80. The molecule has 2 heteroatoms. The van der Waals surface area contributed by atoms with Crippen LogP contribution in [0.5, 0.6) is 0 Å². The lowest BCUT2D eigenvalue weighted by atomic mass is 9.89. The van der Waals surface area contributed by atoms with Gasteiger partial charge in [-0.15, -0.1) is 0 Å². The minimum Gasteiger partial charge on any atom is -0.489 e. The summed E-state index contributed by atoms with van der Waals surface area (Å²) in [5.41, 5.74) is 3.37. The summed E-state index contributed by atoms with van der Waals surface area (Å²) in [6.07, 6.45) is 4.31. The fourth-order valence-electron chi connectivity index (χ4n) is 2.46. The highest BCUT2D eigenvalue weighted by Gasteiger charge is 2.21. The molecule has 2 rings (SSSR count). The maximum atomic E-state index is 6.02. The molecule has 0 aliphatic heterocycles. The van der Waals surface area contributed by atoms with Crippen LogP contribution in [-0.2, 0) is 16.1 Å². The molecule has 0 saturated heterocycles. The predicted octanol–water partition coefficient (Wildman–Crippen LogP) is 5.53. The lowest BCUT2D eigenvalue weighted by molar-refractivity contribution is 0.199. The maximum absolute atomic E-state index is 6.02. The average molecular weight is 314 g/mol. The number of ether oxygens (including phenoxy) is 2. The number of hydrogen-bond acceptors (Lipinski definition) is 2. The van der Waals surface area contributed by atoms with E-state index in [1.807, 2.05) is 32.0 Å². The van der Waals surface area contributed by atoms with Crippen molar-refractivity contribution in [3.05, 3.63) is 71.5 Å². The van der Waals surface area contributed by atoms with Crippen molar-refractivity contribution >= 4 is 0 Å². The Balaban J connectivity index is 0.00000127. The van der Waals surface area contributed by atoms with Crippen LogP contribution in [0, 0.1) is 11.8 Å². The summed E-state index contributed by atoms with van der Waals surface area (Å²) >= 11 is 0. The van der Waals surface area contributed by atoms with Crippen LogP contribution in [0.25, 0.3) is 0 Å². The molecule has 0 heterocycles. The molecular weight excluding hydrogens is 284 g/mol. The van der Waals surface area contributed by atoms with Gasteiger partial charge >= 0.3 is 0 Å². The topological polar surface area (TPSA) is 18.5 Å². The van der Waals surface area contributed by atoms with Crippen LogP contribution in [0.1, 0.15) is 33.3 Å². The second-order valence-corrected chi connectivity index (χ2v) is 5.63. The molecule has 126 valence electrons. The van der Waals surface area contributed by atoms with Gasteiger partial charge in [0.15, 0.2) is 0 Å². The monoisotopic (exact) mass is 314 g/mol. The minimum absolute atomic E-state index is 0.362. The maximum Gasteiger partial charge on any atom is 0.123 e. The molecule has 2 unspecified atom stereocenters. The van der Waals surface area contributed by atoms with Crippen LogP contribution >= 0.6 is 0 Å². The number of methoxy groups -OCH3 is 1. The first-order chi connectivity index (χ1) is 11.1. The van der Waals surface area contributed by atoms with Gasteiger partial charge in [0.2, 0.25) is 0 Å². The van der Waals surface area contributed by atoms with Crippen molar-refractivity contribution in [2.75, 3.05) is 13.7 Å². The molecule has 0 radical (unpaired) electrons. The zero-order chi connectivity index (χ0) is 17.2. The number of benzene rings is 1. The van der Waals surface area contributed by atoms with E-state index in [0.29, 0.717) is 25.0 Å². The van der Waals surface area contributed by atoms with Crippen LogP contribution < -0.4 is 0 Å². The second kappa shape index (κ2) is 10.1. The van der Waals surface area contributed by atoms with Crippen molar-refractivity contribution in [3.63, 3.8) is 0 Å². The standard InChI is InChI=1S/C19H24O2.C2H6/c1-14-10-18(12-20-4)11-19(16(3)15(14)2)21-13-17-8-6-5-7-9-17;1-2/h5-11,14-15H,3,12-13H2,1-2,4H3;1-2H3. The molecule has 0 saturated carbocycles. The zero-order valence-electron chi connectivity index (χ0n) is 15.1. The lowest BCUT2D eigenvalue weighted by Crippen LogP contribution is -2.09. The Kier molecular flexibility index (Phi) is 8.42. The molecule has 2 nitrogen and oxygen atoms in total. The quantitative estimate of drug-likeness (QED) is 0.711. The summed E-state index contributed by atoms with van der Waals surface area (Å²) in [7, 11) is 1.72. The molecule has 0 N–H and O–H groups in total. The van der Waals surface area contributed by atoms with Crippen LogP contribution in [0.2, 0.25) is 0 Å². The van der Waals surface area contributed by atoms with E-state index in [2.05, 4.69) is 44.7 Å². The third-order valence-electron chi connectivity index (χ3n) is 4.00. The van der Waals surface area contributed by atoms with Crippen molar-refractivity contribution < 1.29 is 9.47 Å². The summed E-state index contributed by atoms with van der Waals surface area (Å²) in [6, 6.07) is 10.2. The van der Waals surface area contributed by atoms with Gasteiger partial charge in [-0.1, -0.05) is 70.7 Å². The SMILES string of the molecule is C=C1C(OCc2ccccc2)=CC(COC)=CC(C)C1C.CC. The summed E-state index contributed by atoms with van der Waals surface area (Å²) in [5, 5.41) is 0. The Morgan fingerprint density at radius 2 is 1.70 bits per heavy atom. The highest BCUT2D eigenvalue weighted by Crippen LogP contribution is 2.32. The van der Waals surface area contributed by atoms with Gasteiger partial charge in [-0.3, -0.25) is 0 Å². The normalized spacial score (nSPS) is 20.7. The third kappa shape index (κ3) is 5.72. The molecule has 1 aliphatic carbocycles. The van der Waals surface area contributed by atoms with Crippen LogP contribution in [0.4, 0.5) is 0 Å². The molecule has 0 bridgehead atoms. The Morgan fingerprint density at radius 1 is 1.04 bits per heavy atom. The predicted molar refractivity (Wildman–Crippen MR) is 98.1 cm³/mol. The van der Waals surface area contributed by atoms with E-state index in [0.717, 1.165) is 22.5 Å². The van der Waals surface area contributed by atoms with Crippen molar-refractivity contribution in [3.8, 4) is 0 Å². The highest BCUT2D eigenvalue weighted by atomic mass is 16.5. The number of allylic oxidation sites excluding steroid dienone is 2. The smallest absolute Gasteiger partial charge is 0.123 e. The third-order valence-corrected chi connectivity index (χ3v) is 4.00. The van der Waals surface area contributed by atoms with Gasteiger partial charge in [-0.05, 0) is 34.6 Å². The Morgan fingerprint density at radius 3 is 2.30 bits per heavy atom. The molecule has 0 fully saturated rings. The lowest BCUT2D eigenvalue weighted by Gasteiger charge is -2.20. The van der Waals surface area contributed by atoms with E-state index < -0.39 is 0 Å². The fourth-order valence-corrected chi connectivity index (χ4v) is 2.46. The van der Waals surface area contributed by atoms with E-state index in [1.165, 1.54) is 0 Å². The van der Waals surface area contributed by atoms with Gasteiger partial charge < -0.3 is 9.47 Å². The summed E-state index contributed by atoms with van der Waals surface area (Å²) in [4.78, 5) is 0. The first-order valence-corrected chi connectivity index (χ1v) is 8.39. The first-order valence-electron chi connectivity index (χ1n) is 8.39. The van der Waals surface area contributed by atoms with Crippen LogP contribution in [-0.4, -0.2) is 13.7 Å². The fraction of sp³-hybridized carbons (Fsp3) is 0.429. The van der Waals surface area contributed by atoms with Crippen molar-refractivity contribution in [2.24, 2.45) is 11.8 Å². The van der Waals surface area contributed by atoms with Gasteiger partial charge in [0.1, 0.15) is 12.4 Å².